The first-order valence-electron chi connectivity index (χ1n) is 4.76. The lowest BCUT2D eigenvalue weighted by Gasteiger charge is -2.39. The molecule has 0 aliphatic carbocycles. The molecule has 0 aromatic carbocycles. The molecule has 5 heteroatoms. The minimum atomic E-state index is -1.43. The van der Waals surface area contributed by atoms with E-state index in [1.54, 1.807) is 0 Å². The van der Waals surface area contributed by atoms with E-state index in [1.165, 1.54) is 13.8 Å². The molecule has 0 bridgehead atoms. The summed E-state index contributed by atoms with van der Waals surface area (Å²) in [6, 6.07) is 0. The lowest BCUT2D eigenvalue weighted by molar-refractivity contribution is -0.282. The molecule has 1 saturated heterocycles. The molecule has 0 spiro atoms. The van der Waals surface area contributed by atoms with Gasteiger partial charge in [0, 0.05) is 12.8 Å². The van der Waals surface area contributed by atoms with Gasteiger partial charge in [0.05, 0.1) is 18.3 Å². The molecule has 0 aromatic heterocycles. The summed E-state index contributed by atoms with van der Waals surface area (Å²) in [5.74, 6) is -1.43. The second-order valence-corrected chi connectivity index (χ2v) is 4.16. The predicted octanol–water partition coefficient (Wildman–Crippen LogP) is -1.02. The second-order valence-electron chi connectivity index (χ2n) is 4.16. The number of aliphatic hydroxyl groups excluding tert-OH is 3. The van der Waals surface area contributed by atoms with Crippen LogP contribution in [0.25, 0.3) is 0 Å². The maximum atomic E-state index is 9.57. The molecule has 5 nitrogen and oxygen atoms in total. The van der Waals surface area contributed by atoms with Crippen LogP contribution < -0.4 is 0 Å². The van der Waals surface area contributed by atoms with E-state index >= 15 is 0 Å². The van der Waals surface area contributed by atoms with Gasteiger partial charge in [-0.25, -0.2) is 0 Å². The van der Waals surface area contributed by atoms with Gasteiger partial charge in [-0.2, -0.15) is 0 Å². The molecule has 0 amide bonds. The summed E-state index contributed by atoms with van der Waals surface area (Å²) in [5.41, 5.74) is 0. The summed E-state index contributed by atoms with van der Waals surface area (Å²) in [7, 11) is 0. The van der Waals surface area contributed by atoms with Gasteiger partial charge in [-0.1, -0.05) is 0 Å². The maximum Gasteiger partial charge on any atom is 0.165 e. The lowest BCUT2D eigenvalue weighted by atomic mass is 9.94. The van der Waals surface area contributed by atoms with Crippen LogP contribution in [0.2, 0.25) is 0 Å². The van der Waals surface area contributed by atoms with Crippen molar-refractivity contribution in [1.82, 2.24) is 0 Å². The van der Waals surface area contributed by atoms with Crippen molar-refractivity contribution in [1.29, 1.82) is 0 Å². The van der Waals surface area contributed by atoms with Crippen LogP contribution in [0, 0.1) is 0 Å². The highest BCUT2D eigenvalue weighted by Crippen LogP contribution is 2.28. The minimum Gasteiger partial charge on any atom is -0.393 e. The predicted molar refractivity (Wildman–Crippen MR) is 48.4 cm³/mol. The third-order valence-corrected chi connectivity index (χ3v) is 2.40. The Bertz CT molecular complexity index is 192. The van der Waals surface area contributed by atoms with Crippen molar-refractivity contribution in [2.24, 2.45) is 0 Å². The summed E-state index contributed by atoms with van der Waals surface area (Å²) in [6.07, 6.45) is -3.12. The molecule has 0 saturated carbocycles. The van der Waals surface area contributed by atoms with E-state index in [-0.39, 0.29) is 12.8 Å². The lowest BCUT2D eigenvalue weighted by Crippen LogP contribution is -2.50. The van der Waals surface area contributed by atoms with Crippen LogP contribution in [0.4, 0.5) is 0 Å². The zero-order valence-electron chi connectivity index (χ0n) is 8.42. The average molecular weight is 206 g/mol. The van der Waals surface area contributed by atoms with Crippen LogP contribution in [-0.4, -0.2) is 50.6 Å². The highest BCUT2D eigenvalue weighted by atomic mass is 16.6. The number of ether oxygens (including phenoxy) is 1. The molecule has 5 atom stereocenters. The number of hydrogen-bond acceptors (Lipinski definition) is 5. The molecule has 1 heterocycles. The molecule has 0 radical (unpaired) electrons. The van der Waals surface area contributed by atoms with Crippen molar-refractivity contribution < 1.29 is 25.2 Å². The summed E-state index contributed by atoms with van der Waals surface area (Å²) < 4.78 is 5.15. The highest BCUT2D eigenvalue weighted by molar-refractivity contribution is 4.85. The fourth-order valence-corrected chi connectivity index (χ4v) is 1.73. The van der Waals surface area contributed by atoms with E-state index in [9.17, 15) is 15.3 Å². The van der Waals surface area contributed by atoms with Crippen LogP contribution in [0.5, 0.6) is 0 Å². The third-order valence-electron chi connectivity index (χ3n) is 2.40. The fourth-order valence-electron chi connectivity index (χ4n) is 1.73. The van der Waals surface area contributed by atoms with Gasteiger partial charge in [0.1, 0.15) is 6.10 Å². The average Bonchev–Trinajstić information content (AvgIpc) is 1.98. The zero-order chi connectivity index (χ0) is 10.9. The third kappa shape index (κ3) is 2.90. The number of hydrogen-bond donors (Lipinski definition) is 4. The van der Waals surface area contributed by atoms with Gasteiger partial charge in [-0.3, -0.25) is 0 Å². The summed E-state index contributed by atoms with van der Waals surface area (Å²) in [4.78, 5) is 0. The van der Waals surface area contributed by atoms with Gasteiger partial charge >= 0.3 is 0 Å². The van der Waals surface area contributed by atoms with Gasteiger partial charge in [-0.15, -0.1) is 0 Å². The van der Waals surface area contributed by atoms with Crippen LogP contribution in [0.1, 0.15) is 26.7 Å². The van der Waals surface area contributed by atoms with E-state index in [1.807, 2.05) is 0 Å². The first kappa shape index (κ1) is 11.9. The van der Waals surface area contributed by atoms with Crippen molar-refractivity contribution in [2.45, 2.75) is 56.9 Å². The van der Waals surface area contributed by atoms with Crippen LogP contribution in [0.15, 0.2) is 0 Å². The standard InChI is InChI=1S/C9H18O5/c1-5(10)8(12)7-3-6(11)4-9(2,13)14-7/h5-8,10-13H,3-4H2,1-2H3. The molecule has 1 aliphatic rings. The van der Waals surface area contributed by atoms with Crippen LogP contribution in [-0.2, 0) is 4.74 Å². The Kier molecular flexibility index (Phi) is 3.49. The highest BCUT2D eigenvalue weighted by Gasteiger charge is 2.39. The van der Waals surface area contributed by atoms with Gasteiger partial charge in [0.25, 0.3) is 0 Å². The Balaban J connectivity index is 2.62. The van der Waals surface area contributed by atoms with Gasteiger partial charge < -0.3 is 25.2 Å². The van der Waals surface area contributed by atoms with Gasteiger partial charge in [0.2, 0.25) is 0 Å². The van der Waals surface area contributed by atoms with E-state index in [0.29, 0.717) is 0 Å². The fraction of sp³-hybridized carbons (Fsp3) is 1.00. The topological polar surface area (TPSA) is 90.2 Å². The second kappa shape index (κ2) is 4.12. The first-order chi connectivity index (χ1) is 6.32. The zero-order valence-corrected chi connectivity index (χ0v) is 8.42. The van der Waals surface area contributed by atoms with Gasteiger partial charge in [-0.05, 0) is 13.8 Å². The van der Waals surface area contributed by atoms with E-state index in [2.05, 4.69) is 0 Å². The van der Waals surface area contributed by atoms with Crippen molar-refractivity contribution in [3.05, 3.63) is 0 Å². The molecule has 1 aliphatic heterocycles. The van der Waals surface area contributed by atoms with Crippen LogP contribution >= 0.6 is 0 Å². The smallest absolute Gasteiger partial charge is 0.165 e. The molecular weight excluding hydrogens is 188 g/mol. The van der Waals surface area contributed by atoms with Crippen molar-refractivity contribution in [3.8, 4) is 0 Å². The van der Waals surface area contributed by atoms with E-state index in [4.69, 9.17) is 9.84 Å². The Hall–Kier alpha value is -0.200. The molecule has 84 valence electrons. The Morgan fingerprint density at radius 2 is 2.00 bits per heavy atom. The summed E-state index contributed by atoms with van der Waals surface area (Å²) >= 11 is 0. The Morgan fingerprint density at radius 1 is 1.43 bits per heavy atom. The normalized spacial score (nSPS) is 43.3. The van der Waals surface area contributed by atoms with Crippen molar-refractivity contribution in [2.75, 3.05) is 0 Å². The molecular formula is C9H18O5. The van der Waals surface area contributed by atoms with Crippen molar-refractivity contribution >= 4 is 0 Å². The molecule has 1 rings (SSSR count). The summed E-state index contributed by atoms with van der Waals surface area (Å²) in [6.45, 7) is 2.86. The molecule has 0 aromatic rings. The van der Waals surface area contributed by atoms with E-state index < -0.39 is 30.2 Å². The molecule has 1 fully saturated rings. The van der Waals surface area contributed by atoms with Crippen LogP contribution in [0.3, 0.4) is 0 Å². The summed E-state index contributed by atoms with van der Waals surface area (Å²) in [5, 5.41) is 37.6. The Morgan fingerprint density at radius 3 is 2.43 bits per heavy atom. The first-order valence-corrected chi connectivity index (χ1v) is 4.76. The SMILES string of the molecule is CC(O)C(O)C1CC(O)CC(C)(O)O1. The van der Waals surface area contributed by atoms with Gasteiger partial charge in [0.15, 0.2) is 5.79 Å². The molecule has 14 heavy (non-hydrogen) atoms. The maximum absolute atomic E-state index is 9.57. The van der Waals surface area contributed by atoms with E-state index in [0.717, 1.165) is 0 Å². The van der Waals surface area contributed by atoms with Crippen molar-refractivity contribution in [3.63, 3.8) is 0 Å². The molecule has 4 N–H and O–H groups in total. The monoisotopic (exact) mass is 206 g/mol. The Labute approximate surface area is 82.9 Å². The minimum absolute atomic E-state index is 0.121. The number of rotatable bonds is 2. The largest absolute Gasteiger partial charge is 0.393 e. The quantitative estimate of drug-likeness (QED) is 0.464. The molecule has 5 unspecified atom stereocenters. The number of aliphatic hydroxyl groups is 4.